The van der Waals surface area contributed by atoms with Gasteiger partial charge in [0.15, 0.2) is 0 Å². The van der Waals surface area contributed by atoms with Crippen molar-refractivity contribution in [3.05, 3.63) is 35.4 Å². The Labute approximate surface area is 113 Å². The molecule has 1 aromatic carbocycles. The van der Waals surface area contributed by atoms with E-state index in [1.165, 1.54) is 0 Å². The minimum absolute atomic E-state index is 0.118. The van der Waals surface area contributed by atoms with Gasteiger partial charge in [0.25, 0.3) is 5.91 Å². The molecule has 19 heavy (non-hydrogen) atoms. The van der Waals surface area contributed by atoms with Crippen LogP contribution in [0.15, 0.2) is 24.3 Å². The molecule has 0 aromatic heterocycles. The molecule has 1 amide bonds. The Kier molecular flexibility index (Phi) is 4.93. The van der Waals surface area contributed by atoms with Crippen LogP contribution in [-0.4, -0.2) is 30.3 Å². The lowest BCUT2D eigenvalue weighted by Gasteiger charge is -2.28. The lowest BCUT2D eigenvalue weighted by atomic mass is 9.92. The van der Waals surface area contributed by atoms with Crippen LogP contribution in [0, 0.1) is 0 Å². The van der Waals surface area contributed by atoms with Gasteiger partial charge >= 0.3 is 0 Å². The van der Waals surface area contributed by atoms with Crippen LogP contribution in [-0.2, 0) is 11.3 Å². The Bertz CT molecular complexity index is 433. The molecule has 1 aliphatic rings. The van der Waals surface area contributed by atoms with Crippen molar-refractivity contribution in [2.24, 2.45) is 0 Å². The van der Waals surface area contributed by atoms with Crippen molar-refractivity contribution in [1.29, 1.82) is 0 Å². The van der Waals surface area contributed by atoms with Crippen LogP contribution in [0.2, 0.25) is 0 Å². The van der Waals surface area contributed by atoms with Crippen molar-refractivity contribution >= 4 is 5.91 Å². The van der Waals surface area contributed by atoms with Crippen molar-refractivity contribution < 1.29 is 14.6 Å². The molecule has 0 aliphatic heterocycles. The molecular formula is C15H21NO3. The molecule has 0 heterocycles. The molecular weight excluding hydrogens is 242 g/mol. The molecule has 0 bridgehead atoms. The minimum atomic E-state index is -0.417. The normalized spacial score (nSPS) is 23.1. The monoisotopic (exact) mass is 263 g/mol. The van der Waals surface area contributed by atoms with Crippen LogP contribution in [0.1, 0.15) is 41.6 Å². The number of carbonyl (C=O) groups is 1. The summed E-state index contributed by atoms with van der Waals surface area (Å²) >= 11 is 0. The van der Waals surface area contributed by atoms with Gasteiger partial charge in [0.2, 0.25) is 0 Å². The molecule has 1 aromatic rings. The number of carbonyl (C=O) groups excluding carboxylic acids is 1. The highest BCUT2D eigenvalue weighted by Gasteiger charge is 2.24. The first-order valence-electron chi connectivity index (χ1n) is 6.77. The second kappa shape index (κ2) is 6.68. The van der Waals surface area contributed by atoms with E-state index < -0.39 is 6.10 Å². The van der Waals surface area contributed by atoms with Gasteiger partial charge in [0.05, 0.1) is 18.8 Å². The zero-order chi connectivity index (χ0) is 13.7. The second-order valence-corrected chi connectivity index (χ2v) is 5.07. The SMILES string of the molecule is COCc1cccc(C(=O)N[C@H]2CCCC[C@@H]2O)c1. The van der Waals surface area contributed by atoms with Gasteiger partial charge in [-0.05, 0) is 30.5 Å². The van der Waals surface area contributed by atoms with E-state index in [0.29, 0.717) is 12.2 Å². The van der Waals surface area contributed by atoms with Crippen molar-refractivity contribution in [3.63, 3.8) is 0 Å². The Hall–Kier alpha value is -1.39. The number of amides is 1. The fourth-order valence-corrected chi connectivity index (χ4v) is 2.50. The summed E-state index contributed by atoms with van der Waals surface area (Å²) in [4.78, 5) is 12.2. The lowest BCUT2D eigenvalue weighted by molar-refractivity contribution is 0.0717. The maximum Gasteiger partial charge on any atom is 0.251 e. The third-order valence-corrected chi connectivity index (χ3v) is 3.55. The molecule has 1 aliphatic carbocycles. The maximum atomic E-state index is 12.2. The third-order valence-electron chi connectivity index (χ3n) is 3.55. The van der Waals surface area contributed by atoms with Crippen LogP contribution in [0.25, 0.3) is 0 Å². The molecule has 1 fully saturated rings. The second-order valence-electron chi connectivity index (χ2n) is 5.07. The number of methoxy groups -OCH3 is 1. The number of hydrogen-bond donors (Lipinski definition) is 2. The molecule has 4 heteroatoms. The van der Waals surface area contributed by atoms with E-state index in [9.17, 15) is 9.90 Å². The summed E-state index contributed by atoms with van der Waals surface area (Å²) in [5.74, 6) is -0.121. The van der Waals surface area contributed by atoms with E-state index in [1.807, 2.05) is 18.2 Å². The number of benzene rings is 1. The number of ether oxygens (including phenoxy) is 1. The molecule has 104 valence electrons. The van der Waals surface area contributed by atoms with Crippen molar-refractivity contribution in [1.82, 2.24) is 5.32 Å². The van der Waals surface area contributed by atoms with Crippen LogP contribution < -0.4 is 5.32 Å². The highest BCUT2D eigenvalue weighted by molar-refractivity contribution is 5.94. The van der Waals surface area contributed by atoms with Gasteiger partial charge in [-0.15, -0.1) is 0 Å². The van der Waals surface area contributed by atoms with E-state index >= 15 is 0 Å². The standard InChI is InChI=1S/C15H21NO3/c1-19-10-11-5-4-6-12(9-11)15(18)16-13-7-2-3-8-14(13)17/h4-6,9,13-14,17H,2-3,7-8,10H2,1H3,(H,16,18)/t13-,14-/m0/s1. The first-order valence-corrected chi connectivity index (χ1v) is 6.77. The summed E-state index contributed by atoms with van der Waals surface area (Å²) in [7, 11) is 1.63. The van der Waals surface area contributed by atoms with Gasteiger partial charge in [-0.1, -0.05) is 25.0 Å². The molecule has 0 radical (unpaired) electrons. The highest BCUT2D eigenvalue weighted by atomic mass is 16.5. The Morgan fingerprint density at radius 1 is 1.42 bits per heavy atom. The first kappa shape index (κ1) is 14.0. The zero-order valence-electron chi connectivity index (χ0n) is 11.3. The Morgan fingerprint density at radius 2 is 2.21 bits per heavy atom. The van der Waals surface area contributed by atoms with E-state index in [4.69, 9.17) is 4.74 Å². The van der Waals surface area contributed by atoms with Gasteiger partial charge in [0, 0.05) is 12.7 Å². The molecule has 2 N–H and O–H groups in total. The summed E-state index contributed by atoms with van der Waals surface area (Å²) in [6.45, 7) is 0.493. The maximum absolute atomic E-state index is 12.2. The minimum Gasteiger partial charge on any atom is -0.391 e. The summed E-state index contributed by atoms with van der Waals surface area (Å²) in [5, 5.41) is 12.8. The van der Waals surface area contributed by atoms with Gasteiger partial charge in [-0.2, -0.15) is 0 Å². The molecule has 4 nitrogen and oxygen atoms in total. The topological polar surface area (TPSA) is 58.6 Å². The summed E-state index contributed by atoms with van der Waals surface area (Å²) in [6, 6.07) is 7.26. The highest BCUT2D eigenvalue weighted by Crippen LogP contribution is 2.19. The smallest absolute Gasteiger partial charge is 0.251 e. The fourth-order valence-electron chi connectivity index (χ4n) is 2.50. The van der Waals surface area contributed by atoms with E-state index in [1.54, 1.807) is 13.2 Å². The average molecular weight is 263 g/mol. The summed E-state index contributed by atoms with van der Waals surface area (Å²) in [5.41, 5.74) is 1.59. The van der Waals surface area contributed by atoms with Gasteiger partial charge < -0.3 is 15.2 Å². The predicted molar refractivity (Wildman–Crippen MR) is 72.9 cm³/mol. The van der Waals surface area contributed by atoms with Crippen LogP contribution in [0.3, 0.4) is 0 Å². The Balaban J connectivity index is 2.00. The largest absolute Gasteiger partial charge is 0.391 e. The van der Waals surface area contributed by atoms with E-state index in [-0.39, 0.29) is 11.9 Å². The molecule has 2 rings (SSSR count). The average Bonchev–Trinajstić information content (AvgIpc) is 2.42. The van der Waals surface area contributed by atoms with Crippen LogP contribution in [0.4, 0.5) is 0 Å². The van der Waals surface area contributed by atoms with Crippen molar-refractivity contribution in [2.45, 2.75) is 44.4 Å². The number of aliphatic hydroxyl groups excluding tert-OH is 1. The van der Waals surface area contributed by atoms with Crippen LogP contribution in [0.5, 0.6) is 0 Å². The van der Waals surface area contributed by atoms with E-state index in [2.05, 4.69) is 5.32 Å². The predicted octanol–water partition coefficient (Wildman–Crippen LogP) is 1.87. The summed E-state index contributed by atoms with van der Waals surface area (Å²) < 4.78 is 5.06. The number of aliphatic hydroxyl groups is 1. The molecule has 0 saturated heterocycles. The summed E-state index contributed by atoms with van der Waals surface area (Å²) in [6.07, 6.45) is 3.31. The fraction of sp³-hybridized carbons (Fsp3) is 0.533. The molecule has 2 atom stereocenters. The third kappa shape index (κ3) is 3.78. The Morgan fingerprint density at radius 3 is 2.95 bits per heavy atom. The molecule has 1 saturated carbocycles. The van der Waals surface area contributed by atoms with Crippen molar-refractivity contribution in [2.75, 3.05) is 7.11 Å². The van der Waals surface area contributed by atoms with E-state index in [0.717, 1.165) is 31.2 Å². The lowest BCUT2D eigenvalue weighted by Crippen LogP contribution is -2.45. The van der Waals surface area contributed by atoms with Gasteiger partial charge in [-0.25, -0.2) is 0 Å². The molecule has 0 unspecified atom stereocenters. The number of rotatable bonds is 4. The van der Waals surface area contributed by atoms with Gasteiger partial charge in [0.1, 0.15) is 0 Å². The quantitative estimate of drug-likeness (QED) is 0.872. The van der Waals surface area contributed by atoms with Crippen LogP contribution >= 0.6 is 0 Å². The first-order chi connectivity index (χ1) is 9.20. The molecule has 0 spiro atoms. The van der Waals surface area contributed by atoms with Crippen molar-refractivity contribution in [3.8, 4) is 0 Å². The zero-order valence-corrected chi connectivity index (χ0v) is 11.3. The van der Waals surface area contributed by atoms with Gasteiger partial charge in [-0.3, -0.25) is 4.79 Å². The number of hydrogen-bond acceptors (Lipinski definition) is 3. The number of nitrogens with one attached hydrogen (secondary N) is 1.